The number of carbonyl (C=O) groups is 1. The quantitative estimate of drug-likeness (QED) is 0.807. The first kappa shape index (κ1) is 18.7. The SMILES string of the molecule is CC(C)(C)[C@@]1(Cc2ccc(C(F)(F)F)cc2)CO[S@@](=O)N1C(=O)[O-]. The van der Waals surface area contributed by atoms with Crippen molar-refractivity contribution in [1.82, 2.24) is 4.31 Å². The van der Waals surface area contributed by atoms with E-state index in [2.05, 4.69) is 0 Å². The van der Waals surface area contributed by atoms with E-state index in [1.54, 1.807) is 20.8 Å². The summed E-state index contributed by atoms with van der Waals surface area (Å²) in [7, 11) is 0. The van der Waals surface area contributed by atoms with Crippen LogP contribution in [0.15, 0.2) is 24.3 Å². The van der Waals surface area contributed by atoms with Crippen LogP contribution in [0.1, 0.15) is 31.9 Å². The lowest BCUT2D eigenvalue weighted by Gasteiger charge is -2.46. The van der Waals surface area contributed by atoms with E-state index >= 15 is 0 Å². The second-order valence-electron chi connectivity index (χ2n) is 6.69. The van der Waals surface area contributed by atoms with Gasteiger partial charge in [-0.2, -0.15) is 13.2 Å². The van der Waals surface area contributed by atoms with E-state index in [0.29, 0.717) is 9.87 Å². The van der Waals surface area contributed by atoms with Crippen LogP contribution in [0, 0.1) is 5.41 Å². The lowest BCUT2D eigenvalue weighted by Crippen LogP contribution is -2.61. The van der Waals surface area contributed by atoms with Crippen LogP contribution in [0.2, 0.25) is 0 Å². The van der Waals surface area contributed by atoms with Crippen molar-refractivity contribution in [2.24, 2.45) is 5.41 Å². The van der Waals surface area contributed by atoms with E-state index in [9.17, 15) is 27.3 Å². The van der Waals surface area contributed by atoms with Gasteiger partial charge >= 0.3 is 6.18 Å². The zero-order valence-electron chi connectivity index (χ0n) is 13.3. The normalized spacial score (nSPS) is 25.1. The van der Waals surface area contributed by atoms with Crippen LogP contribution < -0.4 is 5.11 Å². The van der Waals surface area contributed by atoms with E-state index in [4.69, 9.17) is 4.18 Å². The van der Waals surface area contributed by atoms with Crippen LogP contribution in [0.3, 0.4) is 0 Å². The number of halogens is 3. The molecule has 5 nitrogen and oxygen atoms in total. The minimum Gasteiger partial charge on any atom is -0.529 e. The molecule has 2 rings (SSSR count). The third-order valence-electron chi connectivity index (χ3n) is 4.28. The number of amides is 1. The summed E-state index contributed by atoms with van der Waals surface area (Å²) >= 11 is -2.21. The fourth-order valence-electron chi connectivity index (χ4n) is 2.70. The first-order valence-electron chi connectivity index (χ1n) is 7.11. The van der Waals surface area contributed by atoms with Gasteiger partial charge in [0.25, 0.3) is 11.3 Å². The van der Waals surface area contributed by atoms with Gasteiger partial charge in [-0.15, -0.1) is 0 Å². The molecule has 1 amide bonds. The second-order valence-corrected chi connectivity index (χ2v) is 7.73. The summed E-state index contributed by atoms with van der Waals surface area (Å²) in [6.07, 6.45) is -6.04. The van der Waals surface area contributed by atoms with E-state index < -0.39 is 40.1 Å². The molecule has 2 atom stereocenters. The molecule has 0 N–H and O–H groups in total. The van der Waals surface area contributed by atoms with Crippen molar-refractivity contribution in [3.63, 3.8) is 0 Å². The third kappa shape index (κ3) is 3.27. The van der Waals surface area contributed by atoms with Gasteiger partial charge < -0.3 is 9.90 Å². The maximum absolute atomic E-state index is 12.7. The molecule has 9 heteroatoms. The fraction of sp³-hybridized carbons (Fsp3) is 0.533. The molecule has 0 aliphatic carbocycles. The smallest absolute Gasteiger partial charge is 0.416 e. The lowest BCUT2D eigenvalue weighted by atomic mass is 9.70. The van der Waals surface area contributed by atoms with Gasteiger partial charge in [0.15, 0.2) is 6.09 Å². The zero-order chi connectivity index (χ0) is 18.3. The van der Waals surface area contributed by atoms with Gasteiger partial charge in [-0.1, -0.05) is 32.9 Å². The highest BCUT2D eigenvalue weighted by molar-refractivity contribution is 7.78. The standard InChI is InChI=1S/C15H18F3NO4S/c1-13(2,3)14(9-23-24(22)19(14)12(20)21)8-10-4-6-11(7-5-10)15(16,17)18/h4-7H,8-9H2,1-3H3,(H,20,21)/p-1/t14-,24-/m1/s1. The largest absolute Gasteiger partial charge is 0.529 e. The van der Waals surface area contributed by atoms with Crippen molar-refractivity contribution in [1.29, 1.82) is 0 Å². The van der Waals surface area contributed by atoms with Crippen molar-refractivity contribution < 1.29 is 31.5 Å². The minimum atomic E-state index is -4.45. The molecule has 1 aliphatic rings. The Balaban J connectivity index is 2.41. The van der Waals surface area contributed by atoms with E-state index in [1.807, 2.05) is 0 Å². The number of benzene rings is 1. The van der Waals surface area contributed by atoms with Crippen molar-refractivity contribution in [2.75, 3.05) is 6.61 Å². The van der Waals surface area contributed by atoms with Crippen LogP contribution in [0.4, 0.5) is 18.0 Å². The molecule has 0 saturated carbocycles. The molecule has 1 aliphatic heterocycles. The number of carboxylic acid groups (broad SMARTS) is 1. The van der Waals surface area contributed by atoms with Crippen molar-refractivity contribution in [2.45, 2.75) is 38.9 Å². The van der Waals surface area contributed by atoms with Crippen LogP contribution in [-0.2, 0) is 28.0 Å². The molecular weight excluding hydrogens is 347 g/mol. The van der Waals surface area contributed by atoms with E-state index in [-0.39, 0.29) is 13.0 Å². The van der Waals surface area contributed by atoms with Gasteiger partial charge in [0.05, 0.1) is 17.7 Å². The Morgan fingerprint density at radius 3 is 2.25 bits per heavy atom. The maximum Gasteiger partial charge on any atom is 0.416 e. The topological polar surface area (TPSA) is 69.7 Å². The summed E-state index contributed by atoms with van der Waals surface area (Å²) < 4.78 is 55.5. The van der Waals surface area contributed by atoms with E-state index in [0.717, 1.165) is 12.1 Å². The minimum absolute atomic E-state index is 0.0500. The molecule has 24 heavy (non-hydrogen) atoms. The highest BCUT2D eigenvalue weighted by atomic mass is 32.2. The first-order valence-corrected chi connectivity index (χ1v) is 8.14. The molecular formula is C15H17F3NO4S-. The predicted molar refractivity (Wildman–Crippen MR) is 78.7 cm³/mol. The van der Waals surface area contributed by atoms with Crippen LogP contribution in [-0.4, -0.2) is 26.8 Å². The van der Waals surface area contributed by atoms with E-state index in [1.165, 1.54) is 12.1 Å². The molecule has 0 spiro atoms. The molecule has 1 aromatic rings. The maximum atomic E-state index is 12.7. The molecule has 0 aromatic heterocycles. The van der Waals surface area contributed by atoms with Crippen molar-refractivity contribution in [3.05, 3.63) is 35.4 Å². The molecule has 0 bridgehead atoms. The molecule has 0 radical (unpaired) electrons. The number of alkyl halides is 3. The van der Waals surface area contributed by atoms with Crippen LogP contribution >= 0.6 is 0 Å². The lowest BCUT2D eigenvalue weighted by molar-refractivity contribution is -0.265. The van der Waals surface area contributed by atoms with Crippen LogP contribution in [0.25, 0.3) is 0 Å². The van der Waals surface area contributed by atoms with Crippen molar-refractivity contribution >= 4 is 17.4 Å². The predicted octanol–water partition coefficient (Wildman–Crippen LogP) is 2.29. The first-order chi connectivity index (χ1) is 10.9. The number of nitrogens with zero attached hydrogens (tertiary/aromatic N) is 1. The summed E-state index contributed by atoms with van der Waals surface area (Å²) in [6, 6.07) is 4.43. The molecule has 0 unspecified atom stereocenters. The highest BCUT2D eigenvalue weighted by Gasteiger charge is 2.54. The van der Waals surface area contributed by atoms with Gasteiger partial charge in [0.2, 0.25) is 0 Å². The summed E-state index contributed by atoms with van der Waals surface area (Å²) in [4.78, 5) is 11.4. The van der Waals surface area contributed by atoms with Crippen molar-refractivity contribution in [3.8, 4) is 0 Å². The number of hydrogen-bond acceptors (Lipinski definition) is 4. The van der Waals surface area contributed by atoms with Gasteiger partial charge in [-0.05, 0) is 29.5 Å². The Hall–Kier alpha value is -1.61. The van der Waals surface area contributed by atoms with Gasteiger partial charge in [-0.3, -0.25) is 4.18 Å². The van der Waals surface area contributed by atoms with Gasteiger partial charge in [0.1, 0.15) is 0 Å². The summed E-state index contributed by atoms with van der Waals surface area (Å²) in [6.45, 7) is 5.11. The summed E-state index contributed by atoms with van der Waals surface area (Å²) in [5.41, 5.74) is -2.22. The Morgan fingerprint density at radius 2 is 1.83 bits per heavy atom. The van der Waals surface area contributed by atoms with Gasteiger partial charge in [-0.25, -0.2) is 8.51 Å². The average molecular weight is 364 g/mol. The second kappa shape index (κ2) is 6.03. The molecule has 1 saturated heterocycles. The number of rotatable bonds is 2. The molecule has 1 fully saturated rings. The number of carbonyl (C=O) groups excluding carboxylic acids is 1. The van der Waals surface area contributed by atoms with Gasteiger partial charge in [0, 0.05) is 0 Å². The Labute approximate surface area is 140 Å². The summed E-state index contributed by atoms with van der Waals surface area (Å²) in [5.74, 6) is 0. The monoisotopic (exact) mass is 364 g/mol. The Bertz CT molecular complexity index is 654. The molecule has 1 heterocycles. The number of hydrogen-bond donors (Lipinski definition) is 0. The molecule has 1 aromatic carbocycles. The zero-order valence-corrected chi connectivity index (χ0v) is 14.2. The average Bonchev–Trinajstić information content (AvgIpc) is 2.76. The Morgan fingerprint density at radius 1 is 1.29 bits per heavy atom. The highest BCUT2D eigenvalue weighted by Crippen LogP contribution is 2.43. The van der Waals surface area contributed by atoms with Crippen LogP contribution in [0.5, 0.6) is 0 Å². The Kier molecular flexibility index (Phi) is 4.71. The fourth-order valence-corrected chi connectivity index (χ4v) is 3.90. The summed E-state index contributed by atoms with van der Waals surface area (Å²) in [5, 5.41) is 11.4. The molecule has 134 valence electrons. The third-order valence-corrected chi connectivity index (χ3v) is 5.39.